The molecule has 1 heterocycles. The van der Waals surface area contributed by atoms with Gasteiger partial charge in [0, 0.05) is 13.1 Å². The van der Waals surface area contributed by atoms with Crippen LogP contribution in [0.2, 0.25) is 0 Å². The van der Waals surface area contributed by atoms with E-state index in [1.54, 1.807) is 0 Å². The molecular weight excluding hydrogens is 200 g/mol. The van der Waals surface area contributed by atoms with Gasteiger partial charge in [-0.05, 0) is 37.5 Å². The fourth-order valence-electron chi connectivity index (χ4n) is 2.97. The van der Waals surface area contributed by atoms with Crippen LogP contribution in [-0.2, 0) is 4.79 Å². The molecule has 0 aromatic heterocycles. The summed E-state index contributed by atoms with van der Waals surface area (Å²) in [6, 6.07) is -0.226. The Hall–Kier alpha value is -0.570. The summed E-state index contributed by atoms with van der Waals surface area (Å²) >= 11 is 0. The summed E-state index contributed by atoms with van der Waals surface area (Å²) in [7, 11) is 0. The molecule has 1 saturated heterocycles. The highest BCUT2D eigenvalue weighted by Gasteiger charge is 2.28. The number of hydrogen-bond donors (Lipinski definition) is 1. The molecule has 0 aromatic carbocycles. The third kappa shape index (κ3) is 2.76. The Bertz CT molecular complexity index is 246. The van der Waals surface area contributed by atoms with Crippen LogP contribution < -0.4 is 5.73 Å². The summed E-state index contributed by atoms with van der Waals surface area (Å²) in [5.74, 6) is 1.80. The van der Waals surface area contributed by atoms with Crippen molar-refractivity contribution in [2.45, 2.75) is 51.5 Å². The number of carbonyl (C=O) groups is 1. The molecule has 1 saturated carbocycles. The molecule has 2 N–H and O–H groups in total. The Morgan fingerprint density at radius 1 is 1.25 bits per heavy atom. The Morgan fingerprint density at radius 3 is 2.62 bits per heavy atom. The van der Waals surface area contributed by atoms with Crippen LogP contribution in [-0.4, -0.2) is 29.9 Å². The van der Waals surface area contributed by atoms with E-state index in [1.807, 2.05) is 4.90 Å². The normalized spacial score (nSPS) is 36.5. The second-order valence-electron chi connectivity index (χ2n) is 5.66. The Balaban J connectivity index is 1.82. The van der Waals surface area contributed by atoms with Gasteiger partial charge in [0.2, 0.25) is 5.91 Å². The molecule has 2 rings (SSSR count). The van der Waals surface area contributed by atoms with Crippen LogP contribution in [0.1, 0.15) is 45.4 Å². The van der Waals surface area contributed by atoms with E-state index in [9.17, 15) is 4.79 Å². The molecule has 92 valence electrons. The lowest BCUT2D eigenvalue weighted by molar-refractivity contribution is -0.135. The zero-order valence-corrected chi connectivity index (χ0v) is 10.3. The smallest absolute Gasteiger partial charge is 0.239 e. The van der Waals surface area contributed by atoms with Gasteiger partial charge in [-0.15, -0.1) is 0 Å². The molecule has 0 aromatic rings. The summed E-state index contributed by atoms with van der Waals surface area (Å²) in [4.78, 5) is 13.9. The second kappa shape index (κ2) is 5.17. The molecule has 1 aliphatic carbocycles. The van der Waals surface area contributed by atoms with Gasteiger partial charge in [0.05, 0.1) is 6.04 Å². The predicted molar refractivity (Wildman–Crippen MR) is 64.9 cm³/mol. The minimum Gasteiger partial charge on any atom is -0.341 e. The average Bonchev–Trinajstić information content (AvgIpc) is 2.28. The zero-order valence-electron chi connectivity index (χ0n) is 10.3. The highest BCUT2D eigenvalue weighted by atomic mass is 16.2. The molecule has 0 spiro atoms. The summed E-state index contributed by atoms with van der Waals surface area (Å²) in [6.45, 7) is 4.22. The van der Waals surface area contributed by atoms with Crippen molar-refractivity contribution >= 4 is 5.91 Å². The summed E-state index contributed by atoms with van der Waals surface area (Å²) < 4.78 is 0. The SMILES string of the molecule is CC1CCC(CN2CCCC(N)C2=O)CC1. The minimum atomic E-state index is -0.226. The maximum Gasteiger partial charge on any atom is 0.239 e. The van der Waals surface area contributed by atoms with Gasteiger partial charge < -0.3 is 10.6 Å². The van der Waals surface area contributed by atoms with Crippen molar-refractivity contribution in [1.29, 1.82) is 0 Å². The van der Waals surface area contributed by atoms with Crippen LogP contribution in [0.3, 0.4) is 0 Å². The topological polar surface area (TPSA) is 46.3 Å². The molecule has 3 nitrogen and oxygen atoms in total. The van der Waals surface area contributed by atoms with Crippen LogP contribution in [0.25, 0.3) is 0 Å². The van der Waals surface area contributed by atoms with Gasteiger partial charge in [-0.3, -0.25) is 4.79 Å². The van der Waals surface area contributed by atoms with Gasteiger partial charge in [0.1, 0.15) is 0 Å². The van der Waals surface area contributed by atoms with Crippen molar-refractivity contribution < 1.29 is 4.79 Å². The lowest BCUT2D eigenvalue weighted by Crippen LogP contribution is -2.50. The number of carbonyl (C=O) groups excluding carboxylic acids is 1. The first-order valence-electron chi connectivity index (χ1n) is 6.71. The summed E-state index contributed by atoms with van der Waals surface area (Å²) in [5, 5.41) is 0. The number of rotatable bonds is 2. The minimum absolute atomic E-state index is 0.185. The number of amides is 1. The number of piperidine rings is 1. The number of likely N-dealkylation sites (tertiary alicyclic amines) is 1. The average molecular weight is 224 g/mol. The van der Waals surface area contributed by atoms with E-state index in [2.05, 4.69) is 6.92 Å². The zero-order chi connectivity index (χ0) is 11.5. The van der Waals surface area contributed by atoms with E-state index in [4.69, 9.17) is 5.73 Å². The Labute approximate surface area is 98.4 Å². The van der Waals surface area contributed by atoms with Gasteiger partial charge in [-0.2, -0.15) is 0 Å². The lowest BCUT2D eigenvalue weighted by Gasteiger charge is -2.35. The van der Waals surface area contributed by atoms with E-state index in [1.165, 1.54) is 25.7 Å². The van der Waals surface area contributed by atoms with E-state index >= 15 is 0 Å². The van der Waals surface area contributed by atoms with Crippen molar-refractivity contribution in [3.05, 3.63) is 0 Å². The number of nitrogens with two attached hydrogens (primary N) is 1. The van der Waals surface area contributed by atoms with Crippen molar-refractivity contribution in [3.8, 4) is 0 Å². The van der Waals surface area contributed by atoms with E-state index in [0.717, 1.165) is 37.8 Å². The van der Waals surface area contributed by atoms with Gasteiger partial charge >= 0.3 is 0 Å². The largest absolute Gasteiger partial charge is 0.341 e. The summed E-state index contributed by atoms with van der Waals surface area (Å²) in [6.07, 6.45) is 7.20. The molecule has 2 aliphatic rings. The van der Waals surface area contributed by atoms with Crippen LogP contribution in [0.15, 0.2) is 0 Å². The van der Waals surface area contributed by atoms with Gasteiger partial charge in [-0.1, -0.05) is 19.8 Å². The maximum atomic E-state index is 11.9. The molecule has 1 aliphatic heterocycles. The van der Waals surface area contributed by atoms with Gasteiger partial charge in [0.15, 0.2) is 0 Å². The van der Waals surface area contributed by atoms with Crippen molar-refractivity contribution in [2.24, 2.45) is 17.6 Å². The predicted octanol–water partition coefficient (Wildman–Crippen LogP) is 1.76. The monoisotopic (exact) mass is 224 g/mol. The molecular formula is C13H24N2O. The molecule has 16 heavy (non-hydrogen) atoms. The van der Waals surface area contributed by atoms with Crippen molar-refractivity contribution in [3.63, 3.8) is 0 Å². The third-order valence-corrected chi connectivity index (χ3v) is 4.19. The van der Waals surface area contributed by atoms with E-state index in [-0.39, 0.29) is 11.9 Å². The summed E-state index contributed by atoms with van der Waals surface area (Å²) in [5.41, 5.74) is 5.80. The van der Waals surface area contributed by atoms with E-state index < -0.39 is 0 Å². The first-order valence-corrected chi connectivity index (χ1v) is 6.71. The van der Waals surface area contributed by atoms with Crippen LogP contribution in [0, 0.1) is 11.8 Å². The highest BCUT2D eigenvalue weighted by Crippen LogP contribution is 2.29. The quantitative estimate of drug-likeness (QED) is 0.777. The fourth-order valence-corrected chi connectivity index (χ4v) is 2.97. The third-order valence-electron chi connectivity index (χ3n) is 4.19. The molecule has 3 heteroatoms. The molecule has 1 unspecified atom stereocenters. The number of nitrogens with zero attached hydrogens (tertiary/aromatic N) is 1. The highest BCUT2D eigenvalue weighted by molar-refractivity contribution is 5.82. The lowest BCUT2D eigenvalue weighted by atomic mass is 9.82. The fraction of sp³-hybridized carbons (Fsp3) is 0.923. The van der Waals surface area contributed by atoms with Gasteiger partial charge in [-0.25, -0.2) is 0 Å². The molecule has 1 amide bonds. The van der Waals surface area contributed by atoms with E-state index in [0.29, 0.717) is 0 Å². The van der Waals surface area contributed by atoms with Crippen molar-refractivity contribution in [2.75, 3.05) is 13.1 Å². The Kier molecular flexibility index (Phi) is 3.85. The van der Waals surface area contributed by atoms with Crippen LogP contribution in [0.5, 0.6) is 0 Å². The van der Waals surface area contributed by atoms with Crippen LogP contribution in [0.4, 0.5) is 0 Å². The Morgan fingerprint density at radius 2 is 1.94 bits per heavy atom. The van der Waals surface area contributed by atoms with Gasteiger partial charge in [0.25, 0.3) is 0 Å². The molecule has 2 fully saturated rings. The number of hydrogen-bond acceptors (Lipinski definition) is 2. The molecule has 0 radical (unpaired) electrons. The molecule has 0 bridgehead atoms. The van der Waals surface area contributed by atoms with Crippen molar-refractivity contribution in [1.82, 2.24) is 4.90 Å². The first-order chi connectivity index (χ1) is 7.66. The maximum absolute atomic E-state index is 11.9. The standard InChI is InChI=1S/C13H24N2O/c1-10-4-6-11(7-5-10)9-15-8-2-3-12(14)13(15)16/h10-12H,2-9,14H2,1H3. The second-order valence-corrected chi connectivity index (χ2v) is 5.66. The molecule has 1 atom stereocenters. The first kappa shape index (κ1) is 11.9. The van der Waals surface area contributed by atoms with Crippen LogP contribution >= 0.6 is 0 Å².